The van der Waals surface area contributed by atoms with Crippen LogP contribution in [0.2, 0.25) is 0 Å². The Labute approximate surface area is 173 Å². The molecule has 6 heteroatoms. The standard InChI is InChI=1S/C20H29FN4.HI/c1-14(2)13-25-10-8-15(9-11-25)23-20(22-3)24-19-12-17(19)16-6-4-5-7-18(16)21;/h4-7,15,17,19H,1,8-13H2,2-3H3,(H2,22,23,24);1H. The molecule has 1 heterocycles. The van der Waals surface area contributed by atoms with Gasteiger partial charge in [-0.15, -0.1) is 24.0 Å². The van der Waals surface area contributed by atoms with E-state index in [1.807, 2.05) is 12.1 Å². The quantitative estimate of drug-likeness (QED) is 0.298. The van der Waals surface area contributed by atoms with Gasteiger partial charge in [-0.2, -0.15) is 0 Å². The summed E-state index contributed by atoms with van der Waals surface area (Å²) in [7, 11) is 1.80. The summed E-state index contributed by atoms with van der Waals surface area (Å²) in [6.45, 7) is 9.24. The third-order valence-electron chi connectivity index (χ3n) is 5.06. The number of hydrogen-bond donors (Lipinski definition) is 2. The summed E-state index contributed by atoms with van der Waals surface area (Å²) in [5.74, 6) is 0.976. The first-order valence-electron chi connectivity index (χ1n) is 9.18. The van der Waals surface area contributed by atoms with Gasteiger partial charge in [0.2, 0.25) is 0 Å². The van der Waals surface area contributed by atoms with Crippen molar-refractivity contribution in [2.45, 2.75) is 44.2 Å². The average Bonchev–Trinajstić information content (AvgIpc) is 3.35. The van der Waals surface area contributed by atoms with Crippen LogP contribution in [0.1, 0.15) is 37.7 Å². The Kier molecular flexibility index (Phi) is 7.88. The van der Waals surface area contributed by atoms with Gasteiger partial charge in [-0.25, -0.2) is 4.39 Å². The van der Waals surface area contributed by atoms with Crippen molar-refractivity contribution >= 4 is 29.9 Å². The lowest BCUT2D eigenvalue weighted by Crippen LogP contribution is -2.49. The van der Waals surface area contributed by atoms with E-state index in [1.165, 1.54) is 11.6 Å². The van der Waals surface area contributed by atoms with Crippen LogP contribution < -0.4 is 10.6 Å². The molecule has 2 N–H and O–H groups in total. The second-order valence-electron chi connectivity index (χ2n) is 7.34. The lowest BCUT2D eigenvalue weighted by Gasteiger charge is -2.33. The number of aliphatic imine (C=N–C) groups is 1. The van der Waals surface area contributed by atoms with Crippen molar-refractivity contribution in [2.75, 3.05) is 26.7 Å². The van der Waals surface area contributed by atoms with Gasteiger partial charge in [0.1, 0.15) is 5.82 Å². The third-order valence-corrected chi connectivity index (χ3v) is 5.06. The Balaban J connectivity index is 0.00000243. The third kappa shape index (κ3) is 5.67. The molecule has 144 valence electrons. The van der Waals surface area contributed by atoms with Gasteiger partial charge < -0.3 is 10.6 Å². The van der Waals surface area contributed by atoms with E-state index in [9.17, 15) is 4.39 Å². The van der Waals surface area contributed by atoms with E-state index in [0.29, 0.717) is 6.04 Å². The summed E-state index contributed by atoms with van der Waals surface area (Å²) >= 11 is 0. The minimum atomic E-state index is -0.107. The van der Waals surface area contributed by atoms with E-state index >= 15 is 0 Å². The van der Waals surface area contributed by atoms with Gasteiger partial charge in [0.15, 0.2) is 5.96 Å². The minimum absolute atomic E-state index is 0. The van der Waals surface area contributed by atoms with Gasteiger partial charge in [-0.05, 0) is 37.8 Å². The fourth-order valence-electron chi connectivity index (χ4n) is 3.63. The van der Waals surface area contributed by atoms with Crippen LogP contribution in [0, 0.1) is 5.82 Å². The molecule has 2 fully saturated rings. The average molecular weight is 472 g/mol. The predicted octanol–water partition coefficient (Wildman–Crippen LogP) is 3.51. The Morgan fingerprint density at radius 3 is 2.58 bits per heavy atom. The number of benzene rings is 1. The molecule has 0 amide bonds. The lowest BCUT2D eigenvalue weighted by molar-refractivity contribution is 0.221. The summed E-state index contributed by atoms with van der Waals surface area (Å²) in [5, 5.41) is 6.99. The van der Waals surface area contributed by atoms with Crippen LogP contribution in [-0.2, 0) is 0 Å². The number of piperidine rings is 1. The molecule has 1 aromatic carbocycles. The highest BCUT2D eigenvalue weighted by molar-refractivity contribution is 14.0. The monoisotopic (exact) mass is 472 g/mol. The van der Waals surface area contributed by atoms with Crippen molar-refractivity contribution in [3.05, 3.63) is 47.8 Å². The molecule has 1 aliphatic carbocycles. The molecule has 0 aromatic heterocycles. The highest BCUT2D eigenvalue weighted by atomic mass is 127. The SMILES string of the molecule is C=C(C)CN1CCC(NC(=NC)NC2CC2c2ccccc2F)CC1.I. The number of hydrogen-bond acceptors (Lipinski definition) is 2. The second-order valence-corrected chi connectivity index (χ2v) is 7.34. The fraction of sp³-hybridized carbons (Fsp3) is 0.550. The molecule has 0 spiro atoms. The number of nitrogens with one attached hydrogen (secondary N) is 2. The molecule has 3 rings (SSSR count). The molecule has 2 unspecified atom stereocenters. The molecule has 26 heavy (non-hydrogen) atoms. The van der Waals surface area contributed by atoms with E-state index in [-0.39, 0.29) is 41.8 Å². The normalized spacial score (nSPS) is 23.9. The van der Waals surface area contributed by atoms with Gasteiger partial charge in [0.25, 0.3) is 0 Å². The molecule has 2 atom stereocenters. The molecule has 1 aliphatic heterocycles. The number of likely N-dealkylation sites (tertiary alicyclic amines) is 1. The molecular formula is C20H30FIN4. The predicted molar refractivity (Wildman–Crippen MR) is 117 cm³/mol. The molecule has 2 aliphatic rings. The molecule has 0 radical (unpaired) electrons. The first-order valence-corrected chi connectivity index (χ1v) is 9.18. The van der Waals surface area contributed by atoms with E-state index in [0.717, 1.165) is 50.4 Å². The Bertz CT molecular complexity index is 640. The van der Waals surface area contributed by atoms with Gasteiger partial charge in [-0.1, -0.05) is 30.4 Å². The maximum atomic E-state index is 13.9. The van der Waals surface area contributed by atoms with Crippen molar-refractivity contribution in [1.82, 2.24) is 15.5 Å². The second kappa shape index (κ2) is 9.69. The van der Waals surface area contributed by atoms with Crippen molar-refractivity contribution in [3.63, 3.8) is 0 Å². The summed E-state index contributed by atoms with van der Waals surface area (Å²) < 4.78 is 13.9. The van der Waals surface area contributed by atoms with E-state index in [1.54, 1.807) is 13.1 Å². The smallest absolute Gasteiger partial charge is 0.191 e. The molecule has 1 saturated carbocycles. The fourth-order valence-corrected chi connectivity index (χ4v) is 3.63. The van der Waals surface area contributed by atoms with Crippen molar-refractivity contribution in [1.29, 1.82) is 0 Å². The highest BCUT2D eigenvalue weighted by Crippen LogP contribution is 2.41. The summed E-state index contributed by atoms with van der Waals surface area (Å²) in [6.07, 6.45) is 3.17. The van der Waals surface area contributed by atoms with Gasteiger partial charge in [-0.3, -0.25) is 9.89 Å². The van der Waals surface area contributed by atoms with Gasteiger partial charge in [0, 0.05) is 44.7 Å². The Hall–Kier alpha value is -1.15. The largest absolute Gasteiger partial charge is 0.354 e. The molecule has 1 aromatic rings. The van der Waals surface area contributed by atoms with Crippen molar-refractivity contribution in [3.8, 4) is 0 Å². The van der Waals surface area contributed by atoms with Crippen LogP contribution in [-0.4, -0.2) is 49.6 Å². The van der Waals surface area contributed by atoms with E-state index < -0.39 is 0 Å². The topological polar surface area (TPSA) is 39.7 Å². The van der Waals surface area contributed by atoms with Crippen LogP contribution in [0.15, 0.2) is 41.4 Å². The maximum absolute atomic E-state index is 13.9. The zero-order valence-corrected chi connectivity index (χ0v) is 18.0. The van der Waals surface area contributed by atoms with Crippen LogP contribution in [0.25, 0.3) is 0 Å². The zero-order valence-electron chi connectivity index (χ0n) is 15.7. The van der Waals surface area contributed by atoms with Crippen LogP contribution in [0.5, 0.6) is 0 Å². The molecular weight excluding hydrogens is 442 g/mol. The van der Waals surface area contributed by atoms with Crippen LogP contribution in [0.3, 0.4) is 0 Å². The van der Waals surface area contributed by atoms with Gasteiger partial charge >= 0.3 is 0 Å². The number of guanidine groups is 1. The summed E-state index contributed by atoms with van der Waals surface area (Å²) in [6, 6.07) is 7.78. The molecule has 4 nitrogen and oxygen atoms in total. The number of nitrogens with zero attached hydrogens (tertiary/aromatic N) is 2. The first-order chi connectivity index (χ1) is 12.1. The highest BCUT2D eigenvalue weighted by Gasteiger charge is 2.40. The van der Waals surface area contributed by atoms with Crippen molar-refractivity contribution in [2.24, 2.45) is 4.99 Å². The Morgan fingerprint density at radius 1 is 1.27 bits per heavy atom. The van der Waals surface area contributed by atoms with Crippen LogP contribution in [0.4, 0.5) is 4.39 Å². The molecule has 1 saturated heterocycles. The molecule has 0 bridgehead atoms. The summed E-state index contributed by atoms with van der Waals surface area (Å²) in [5.41, 5.74) is 2.03. The minimum Gasteiger partial charge on any atom is -0.354 e. The maximum Gasteiger partial charge on any atom is 0.191 e. The lowest BCUT2D eigenvalue weighted by atomic mass is 10.0. The first kappa shape index (κ1) is 21.2. The van der Waals surface area contributed by atoms with Gasteiger partial charge in [0.05, 0.1) is 0 Å². The number of rotatable bonds is 5. The Morgan fingerprint density at radius 2 is 1.96 bits per heavy atom. The summed E-state index contributed by atoms with van der Waals surface area (Å²) in [4.78, 5) is 6.80. The van der Waals surface area contributed by atoms with E-state index in [4.69, 9.17) is 0 Å². The van der Waals surface area contributed by atoms with Crippen LogP contribution >= 0.6 is 24.0 Å². The van der Waals surface area contributed by atoms with E-state index in [2.05, 4.69) is 34.0 Å². The zero-order chi connectivity index (χ0) is 17.8. The van der Waals surface area contributed by atoms with Crippen molar-refractivity contribution < 1.29 is 4.39 Å². The number of halogens is 2.